The Kier molecular flexibility index (Phi) is 2.94. The van der Waals surface area contributed by atoms with Gasteiger partial charge in [-0.1, -0.05) is 11.6 Å². The number of aromatic nitrogens is 2. The molecule has 0 amide bonds. The zero-order valence-corrected chi connectivity index (χ0v) is 11.0. The summed E-state index contributed by atoms with van der Waals surface area (Å²) in [5.74, 6) is -0.119. The Morgan fingerprint density at radius 3 is 2.78 bits per heavy atom. The van der Waals surface area contributed by atoms with Crippen molar-refractivity contribution in [1.82, 2.24) is 9.55 Å². The van der Waals surface area contributed by atoms with Gasteiger partial charge in [0.1, 0.15) is 5.60 Å². The van der Waals surface area contributed by atoms with Crippen LogP contribution in [0, 0.1) is 0 Å². The lowest BCUT2D eigenvalue weighted by Gasteiger charge is -2.19. The lowest BCUT2D eigenvalue weighted by Crippen LogP contribution is -2.26. The molecule has 5 nitrogen and oxygen atoms in total. The molecule has 1 N–H and O–H groups in total. The number of hydrogen-bond acceptors (Lipinski definition) is 4. The number of hydrogen-bond donors (Lipinski definition) is 1. The lowest BCUT2D eigenvalue weighted by atomic mass is 10.2. The Bertz CT molecular complexity index is 614. The van der Waals surface area contributed by atoms with Gasteiger partial charge in [-0.3, -0.25) is 0 Å². The van der Waals surface area contributed by atoms with Crippen molar-refractivity contribution in [1.29, 1.82) is 0 Å². The van der Waals surface area contributed by atoms with Crippen LogP contribution in [-0.4, -0.2) is 26.4 Å². The molecule has 96 valence electrons. The summed E-state index contributed by atoms with van der Waals surface area (Å²) in [5.41, 5.74) is -0.235. The van der Waals surface area contributed by atoms with E-state index >= 15 is 0 Å². The molecular weight excluding hydrogens is 256 g/mol. The third-order valence-corrected chi connectivity index (χ3v) is 2.62. The molecule has 0 saturated heterocycles. The fourth-order valence-corrected chi connectivity index (χ4v) is 1.70. The summed E-state index contributed by atoms with van der Waals surface area (Å²) >= 11 is 5.92. The second-order valence-electron chi connectivity index (χ2n) is 4.86. The van der Waals surface area contributed by atoms with Crippen molar-refractivity contribution in [2.24, 2.45) is 0 Å². The Hall–Kier alpha value is -1.75. The fraction of sp³-hybridized carbons (Fsp3) is 0.333. The van der Waals surface area contributed by atoms with Gasteiger partial charge in [0.05, 0.1) is 11.2 Å². The summed E-state index contributed by atoms with van der Waals surface area (Å²) in [6.45, 7) is 5.34. The van der Waals surface area contributed by atoms with E-state index in [1.807, 2.05) is 0 Å². The lowest BCUT2D eigenvalue weighted by molar-refractivity contribution is 0.0543. The van der Waals surface area contributed by atoms with Crippen molar-refractivity contribution < 1.29 is 14.6 Å². The summed E-state index contributed by atoms with van der Waals surface area (Å²) in [4.78, 5) is 15.9. The minimum Gasteiger partial charge on any atom is -0.505 e. The molecular formula is C12H13ClN2O3. The van der Waals surface area contributed by atoms with Gasteiger partial charge in [0.15, 0.2) is 11.4 Å². The normalized spacial score (nSPS) is 11.8. The molecule has 0 fully saturated rings. The quantitative estimate of drug-likeness (QED) is 0.797. The smallest absolute Gasteiger partial charge is 0.420 e. The van der Waals surface area contributed by atoms with Gasteiger partial charge in [-0.2, -0.15) is 0 Å². The van der Waals surface area contributed by atoms with Crippen molar-refractivity contribution >= 4 is 28.7 Å². The number of pyridine rings is 1. The van der Waals surface area contributed by atoms with Crippen molar-refractivity contribution in [3.63, 3.8) is 0 Å². The van der Waals surface area contributed by atoms with Gasteiger partial charge in [-0.05, 0) is 26.8 Å². The van der Waals surface area contributed by atoms with Crippen molar-refractivity contribution in [2.45, 2.75) is 26.4 Å². The zero-order valence-electron chi connectivity index (χ0n) is 10.3. The summed E-state index contributed by atoms with van der Waals surface area (Å²) < 4.78 is 6.49. The molecule has 0 saturated carbocycles. The van der Waals surface area contributed by atoms with E-state index in [-0.39, 0.29) is 10.8 Å². The van der Waals surface area contributed by atoms with Gasteiger partial charge in [-0.25, -0.2) is 14.3 Å². The number of carbonyl (C=O) groups is 1. The molecule has 0 aliphatic heterocycles. The molecule has 2 aromatic rings. The molecule has 0 spiro atoms. The highest BCUT2D eigenvalue weighted by molar-refractivity contribution is 6.36. The predicted octanol–water partition coefficient (Wildman–Crippen LogP) is 3.18. The maximum absolute atomic E-state index is 11.9. The molecule has 18 heavy (non-hydrogen) atoms. The van der Waals surface area contributed by atoms with Crippen LogP contribution in [-0.2, 0) is 4.74 Å². The Morgan fingerprint density at radius 1 is 1.50 bits per heavy atom. The van der Waals surface area contributed by atoms with Gasteiger partial charge < -0.3 is 9.84 Å². The van der Waals surface area contributed by atoms with Crippen LogP contribution in [0.3, 0.4) is 0 Å². The Balaban J connectivity index is 2.48. The fourth-order valence-electron chi connectivity index (χ4n) is 1.50. The maximum atomic E-state index is 11.9. The number of carbonyl (C=O) groups excluding carboxylic acids is 1. The van der Waals surface area contributed by atoms with Crippen molar-refractivity contribution in [2.75, 3.05) is 0 Å². The largest absolute Gasteiger partial charge is 0.505 e. The number of rotatable bonds is 0. The van der Waals surface area contributed by atoms with Crippen LogP contribution in [0.25, 0.3) is 11.0 Å². The third-order valence-electron chi connectivity index (χ3n) is 2.22. The van der Waals surface area contributed by atoms with E-state index in [0.717, 1.165) is 0 Å². The van der Waals surface area contributed by atoms with Crippen LogP contribution in [0.1, 0.15) is 20.8 Å². The first-order valence-electron chi connectivity index (χ1n) is 5.37. The highest BCUT2D eigenvalue weighted by atomic mass is 35.5. The number of aromatic hydroxyl groups is 1. The first-order valence-corrected chi connectivity index (χ1v) is 5.75. The molecule has 0 aliphatic carbocycles. The second kappa shape index (κ2) is 4.17. The molecule has 6 heteroatoms. The standard InChI is InChI=1S/C12H13ClN2O3/c1-12(2,3)18-11(17)15-5-4-7-9(13)8(16)6-14-10(7)15/h4-6,16H,1-3H3. The van der Waals surface area contributed by atoms with E-state index in [0.29, 0.717) is 11.0 Å². The maximum Gasteiger partial charge on any atom is 0.420 e. The van der Waals surface area contributed by atoms with E-state index in [2.05, 4.69) is 4.98 Å². The molecule has 0 atom stereocenters. The third kappa shape index (κ3) is 2.26. The molecule has 0 aliphatic rings. The van der Waals surface area contributed by atoms with Crippen LogP contribution in [0.4, 0.5) is 4.79 Å². The average Bonchev–Trinajstić information content (AvgIpc) is 2.65. The van der Waals surface area contributed by atoms with Crippen LogP contribution in [0.5, 0.6) is 5.75 Å². The Morgan fingerprint density at radius 2 is 2.17 bits per heavy atom. The van der Waals surface area contributed by atoms with Crippen molar-refractivity contribution in [3.05, 3.63) is 23.5 Å². The number of nitrogens with zero attached hydrogens (tertiary/aromatic N) is 2. The van der Waals surface area contributed by atoms with E-state index in [1.165, 1.54) is 17.0 Å². The highest BCUT2D eigenvalue weighted by Gasteiger charge is 2.20. The van der Waals surface area contributed by atoms with Crippen molar-refractivity contribution in [3.8, 4) is 5.75 Å². The van der Waals surface area contributed by atoms with Gasteiger partial charge in [0.25, 0.3) is 0 Å². The Labute approximate surface area is 109 Å². The van der Waals surface area contributed by atoms with Gasteiger partial charge in [-0.15, -0.1) is 0 Å². The number of fused-ring (bicyclic) bond motifs is 1. The summed E-state index contributed by atoms with van der Waals surface area (Å²) in [7, 11) is 0. The monoisotopic (exact) mass is 268 g/mol. The molecule has 2 rings (SSSR count). The average molecular weight is 269 g/mol. The minimum atomic E-state index is -0.589. The van der Waals surface area contributed by atoms with E-state index < -0.39 is 11.7 Å². The van der Waals surface area contributed by atoms with Crippen LogP contribution < -0.4 is 0 Å². The molecule has 0 bridgehead atoms. The van der Waals surface area contributed by atoms with Gasteiger partial charge in [0.2, 0.25) is 0 Å². The molecule has 0 aromatic carbocycles. The first-order chi connectivity index (χ1) is 8.29. The summed E-state index contributed by atoms with van der Waals surface area (Å²) in [5, 5.41) is 10.1. The topological polar surface area (TPSA) is 64.3 Å². The predicted molar refractivity (Wildman–Crippen MR) is 68.0 cm³/mol. The number of ether oxygens (including phenoxy) is 1. The first kappa shape index (κ1) is 12.7. The number of halogens is 1. The second-order valence-corrected chi connectivity index (χ2v) is 5.24. The van der Waals surface area contributed by atoms with E-state index in [1.54, 1.807) is 26.8 Å². The van der Waals surface area contributed by atoms with Gasteiger partial charge >= 0.3 is 6.09 Å². The van der Waals surface area contributed by atoms with Crippen LogP contribution in [0.2, 0.25) is 5.02 Å². The molecule has 0 radical (unpaired) electrons. The molecule has 0 unspecified atom stereocenters. The summed E-state index contributed by atoms with van der Waals surface area (Å²) in [6.07, 6.45) is 2.18. The SMILES string of the molecule is CC(C)(C)OC(=O)n1ccc2c(Cl)c(O)cnc21. The van der Waals surface area contributed by atoms with Gasteiger partial charge in [0, 0.05) is 11.6 Å². The summed E-state index contributed by atoms with van der Waals surface area (Å²) in [6, 6.07) is 1.61. The molecule has 2 heterocycles. The van der Waals surface area contributed by atoms with E-state index in [9.17, 15) is 9.90 Å². The van der Waals surface area contributed by atoms with Crippen LogP contribution >= 0.6 is 11.6 Å². The minimum absolute atomic E-state index is 0.119. The van der Waals surface area contributed by atoms with Crippen LogP contribution in [0.15, 0.2) is 18.5 Å². The van der Waals surface area contributed by atoms with E-state index in [4.69, 9.17) is 16.3 Å². The zero-order chi connectivity index (χ0) is 13.5. The molecule has 2 aromatic heterocycles. The highest BCUT2D eigenvalue weighted by Crippen LogP contribution is 2.30.